The Balaban J connectivity index is 2.20. The van der Waals surface area contributed by atoms with Crippen molar-refractivity contribution in [3.8, 4) is 10.6 Å². The summed E-state index contributed by atoms with van der Waals surface area (Å²) in [5, 5.41) is 10.3. The fraction of sp³-hybridized carbons (Fsp3) is 0. The summed E-state index contributed by atoms with van der Waals surface area (Å²) in [6.45, 7) is 0. The number of hydrogen-bond donors (Lipinski definition) is 2. The number of benzene rings is 1. The van der Waals surface area contributed by atoms with Crippen LogP contribution in [0.4, 0.5) is 0 Å². The average molecular weight is 325 g/mol. The Hall–Kier alpha value is -1.73. The van der Waals surface area contributed by atoms with Gasteiger partial charge in [-0.3, -0.25) is 0 Å². The van der Waals surface area contributed by atoms with E-state index in [1.807, 2.05) is 29.6 Å². The molecule has 5 nitrogen and oxygen atoms in total. The first-order valence-corrected chi connectivity index (χ1v) is 6.71. The van der Waals surface area contributed by atoms with Crippen LogP contribution in [0.25, 0.3) is 10.6 Å². The van der Waals surface area contributed by atoms with Gasteiger partial charge in [0, 0.05) is 4.47 Å². The van der Waals surface area contributed by atoms with Crippen LogP contribution in [-0.2, 0) is 0 Å². The van der Waals surface area contributed by atoms with Gasteiger partial charge < -0.3 is 11.5 Å². The summed E-state index contributed by atoms with van der Waals surface area (Å²) < 4.78 is 1.04. The van der Waals surface area contributed by atoms with Gasteiger partial charge in [0.1, 0.15) is 6.21 Å². The van der Waals surface area contributed by atoms with E-state index in [-0.39, 0.29) is 5.96 Å². The predicted molar refractivity (Wildman–Crippen MR) is 77.4 cm³/mol. The van der Waals surface area contributed by atoms with Crippen molar-refractivity contribution in [3.63, 3.8) is 0 Å². The van der Waals surface area contributed by atoms with Crippen LogP contribution in [0, 0.1) is 0 Å². The second-order valence-corrected chi connectivity index (χ2v) is 5.22. The maximum absolute atomic E-state index is 5.17. The molecule has 7 heteroatoms. The zero-order valence-corrected chi connectivity index (χ0v) is 11.7. The summed E-state index contributed by atoms with van der Waals surface area (Å²) in [5.41, 5.74) is 12.3. The van der Waals surface area contributed by atoms with Crippen LogP contribution in [0.5, 0.6) is 0 Å². The standard InChI is InChI=1S/C11H10BrN5S/c12-8-3-1-2-7(4-8)10-16-9(6-18-10)5-15-17-11(13)14/h1-6H,(H4,13,14,17)/p+1/b15-5-. The van der Waals surface area contributed by atoms with Gasteiger partial charge in [-0.2, -0.15) is 4.98 Å². The number of rotatable bonds is 3. The summed E-state index contributed by atoms with van der Waals surface area (Å²) in [6, 6.07) is 8.04. The normalized spacial score (nSPS) is 10.7. The van der Waals surface area contributed by atoms with E-state index in [2.05, 4.69) is 31.1 Å². The molecular formula is C11H11BrN5S+. The van der Waals surface area contributed by atoms with Gasteiger partial charge in [-0.05, 0) is 18.2 Å². The smallest absolute Gasteiger partial charge is 0.267 e. The molecule has 2 rings (SSSR count). The Morgan fingerprint density at radius 3 is 2.94 bits per heavy atom. The number of nitrogens with two attached hydrogens (primary N) is 2. The summed E-state index contributed by atoms with van der Waals surface area (Å²) in [6.07, 6.45) is 1.57. The molecule has 5 N–H and O–H groups in total. The molecule has 1 aromatic heterocycles. The van der Waals surface area contributed by atoms with Gasteiger partial charge in [0.2, 0.25) is 11.7 Å². The fourth-order valence-corrected chi connectivity index (χ4v) is 2.51. The van der Waals surface area contributed by atoms with E-state index in [1.165, 1.54) is 0 Å². The molecule has 0 aliphatic rings. The minimum Gasteiger partial charge on any atom is -0.369 e. The van der Waals surface area contributed by atoms with Crippen molar-refractivity contribution in [1.29, 1.82) is 0 Å². The molecule has 0 spiro atoms. The van der Waals surface area contributed by atoms with Gasteiger partial charge in [-0.25, -0.2) is 0 Å². The quantitative estimate of drug-likeness (QED) is 0.510. The average Bonchev–Trinajstić information content (AvgIpc) is 2.77. The number of nitrogens with zero attached hydrogens (tertiary/aromatic N) is 2. The number of halogens is 1. The van der Waals surface area contributed by atoms with Gasteiger partial charge in [-0.1, -0.05) is 33.3 Å². The van der Waals surface area contributed by atoms with Crippen LogP contribution in [0.2, 0.25) is 0 Å². The highest BCUT2D eigenvalue weighted by molar-refractivity contribution is 9.10. The van der Waals surface area contributed by atoms with Crippen LogP contribution in [0.1, 0.15) is 5.69 Å². The van der Waals surface area contributed by atoms with E-state index in [9.17, 15) is 0 Å². The third-order valence-electron chi connectivity index (χ3n) is 2.02. The second kappa shape index (κ2) is 5.74. The Morgan fingerprint density at radius 2 is 2.22 bits per heavy atom. The minimum absolute atomic E-state index is 0.0614. The molecule has 0 fully saturated rings. The highest BCUT2D eigenvalue weighted by atomic mass is 79.9. The van der Waals surface area contributed by atoms with E-state index in [4.69, 9.17) is 11.5 Å². The van der Waals surface area contributed by atoms with Crippen molar-refractivity contribution in [1.82, 2.24) is 0 Å². The van der Waals surface area contributed by atoms with Gasteiger partial charge >= 0.3 is 0 Å². The Morgan fingerprint density at radius 1 is 1.39 bits per heavy atom. The molecule has 2 aromatic rings. The topological polar surface area (TPSA) is 90.9 Å². The highest BCUT2D eigenvalue weighted by Gasteiger charge is 2.10. The van der Waals surface area contributed by atoms with Crippen LogP contribution in [0.3, 0.4) is 0 Å². The highest BCUT2D eigenvalue weighted by Crippen LogP contribution is 2.23. The number of hydrogen-bond acceptors (Lipinski definition) is 3. The van der Waals surface area contributed by atoms with Crippen molar-refractivity contribution in [2.45, 2.75) is 0 Å². The first kappa shape index (κ1) is 12.7. The lowest BCUT2D eigenvalue weighted by atomic mass is 10.2. The SMILES string of the molecule is NC(N)=N/N=C\c1csc(-c2cccc(Br)c2)[nH+]1. The fourth-order valence-electron chi connectivity index (χ4n) is 1.30. The van der Waals surface area contributed by atoms with Crippen LogP contribution in [0.15, 0.2) is 44.3 Å². The van der Waals surface area contributed by atoms with E-state index in [0.717, 1.165) is 20.7 Å². The lowest BCUT2D eigenvalue weighted by molar-refractivity contribution is -0.359. The van der Waals surface area contributed by atoms with E-state index >= 15 is 0 Å². The van der Waals surface area contributed by atoms with Crippen LogP contribution < -0.4 is 16.5 Å². The molecule has 0 aliphatic carbocycles. The third kappa shape index (κ3) is 3.38. The van der Waals surface area contributed by atoms with Gasteiger partial charge in [-0.15, -0.1) is 10.2 Å². The lowest BCUT2D eigenvalue weighted by Crippen LogP contribution is -2.21. The Labute approximate surface area is 116 Å². The maximum atomic E-state index is 5.17. The molecule has 0 aliphatic heterocycles. The Kier molecular flexibility index (Phi) is 4.06. The van der Waals surface area contributed by atoms with Crippen LogP contribution in [-0.4, -0.2) is 12.2 Å². The van der Waals surface area contributed by atoms with E-state index in [1.54, 1.807) is 17.6 Å². The number of H-pyrrole nitrogens is 1. The van der Waals surface area contributed by atoms with Gasteiger partial charge in [0.15, 0.2) is 0 Å². The second-order valence-electron chi connectivity index (χ2n) is 3.42. The molecule has 0 radical (unpaired) electrons. The van der Waals surface area contributed by atoms with Crippen molar-refractivity contribution in [2.75, 3.05) is 0 Å². The number of thiazole rings is 1. The number of guanidine groups is 1. The molecule has 18 heavy (non-hydrogen) atoms. The van der Waals surface area contributed by atoms with Crippen molar-refractivity contribution < 1.29 is 4.98 Å². The molecule has 0 bridgehead atoms. The molecule has 0 saturated heterocycles. The molecule has 1 heterocycles. The van der Waals surface area contributed by atoms with Crippen molar-refractivity contribution in [3.05, 3.63) is 39.8 Å². The summed E-state index contributed by atoms with van der Waals surface area (Å²) in [7, 11) is 0. The van der Waals surface area contributed by atoms with Crippen molar-refractivity contribution >= 4 is 39.4 Å². The molecule has 0 unspecified atom stereocenters. The van der Waals surface area contributed by atoms with Crippen molar-refractivity contribution in [2.24, 2.45) is 21.7 Å². The molecule has 92 valence electrons. The van der Waals surface area contributed by atoms with Crippen LogP contribution >= 0.6 is 27.3 Å². The third-order valence-corrected chi connectivity index (χ3v) is 3.46. The minimum atomic E-state index is -0.0614. The zero-order chi connectivity index (χ0) is 13.0. The monoisotopic (exact) mass is 324 g/mol. The molecular weight excluding hydrogens is 314 g/mol. The van der Waals surface area contributed by atoms with Gasteiger partial charge in [0.05, 0.1) is 10.9 Å². The predicted octanol–water partition coefficient (Wildman–Crippen LogP) is 1.60. The molecule has 0 saturated carbocycles. The molecule has 0 atom stereocenters. The number of aromatic amines is 1. The summed E-state index contributed by atoms with van der Waals surface area (Å²) in [5.74, 6) is -0.0614. The zero-order valence-electron chi connectivity index (χ0n) is 9.30. The van der Waals surface area contributed by atoms with E-state index in [0.29, 0.717) is 0 Å². The summed E-state index contributed by atoms with van der Waals surface area (Å²) >= 11 is 5.03. The number of aromatic nitrogens is 1. The van der Waals surface area contributed by atoms with Gasteiger partial charge in [0.25, 0.3) is 5.01 Å². The van der Waals surface area contributed by atoms with E-state index < -0.39 is 0 Å². The first-order valence-electron chi connectivity index (χ1n) is 5.04. The largest absolute Gasteiger partial charge is 0.369 e. The number of nitrogens with one attached hydrogen (secondary N) is 1. The first-order chi connectivity index (χ1) is 8.65. The maximum Gasteiger partial charge on any atom is 0.267 e. The Bertz CT molecular complexity index is 601. The molecule has 0 amide bonds. The summed E-state index contributed by atoms with van der Waals surface area (Å²) in [4.78, 5) is 3.23. The lowest BCUT2D eigenvalue weighted by Gasteiger charge is -1.91. The molecule has 1 aromatic carbocycles.